The van der Waals surface area contributed by atoms with Gasteiger partial charge in [0, 0.05) is 5.69 Å². The van der Waals surface area contributed by atoms with Crippen LogP contribution in [0, 0.1) is 17.1 Å². The molecule has 2 aromatic rings. The van der Waals surface area contributed by atoms with Crippen molar-refractivity contribution in [2.24, 2.45) is 0 Å². The second-order valence-electron chi connectivity index (χ2n) is 4.38. The molecule has 20 heavy (non-hydrogen) atoms. The van der Waals surface area contributed by atoms with Gasteiger partial charge >= 0.3 is 0 Å². The van der Waals surface area contributed by atoms with E-state index in [1.54, 1.807) is 36.4 Å². The molecular formula is C16H13FN2O. The van der Waals surface area contributed by atoms with Crippen LogP contribution in [0.4, 0.5) is 10.1 Å². The summed E-state index contributed by atoms with van der Waals surface area (Å²) in [5.74, 6) is -0.480. The van der Waals surface area contributed by atoms with Gasteiger partial charge < -0.3 is 5.32 Å². The first kappa shape index (κ1) is 13.8. The zero-order valence-corrected chi connectivity index (χ0v) is 10.8. The van der Waals surface area contributed by atoms with Crippen LogP contribution in [0.2, 0.25) is 0 Å². The molecule has 0 spiro atoms. The van der Waals surface area contributed by atoms with E-state index in [0.717, 1.165) is 11.1 Å². The van der Waals surface area contributed by atoms with Gasteiger partial charge in [-0.2, -0.15) is 5.26 Å². The Bertz CT molecular complexity index is 627. The zero-order valence-electron chi connectivity index (χ0n) is 10.8. The third-order valence-electron chi connectivity index (χ3n) is 2.80. The molecule has 0 fully saturated rings. The molecule has 0 unspecified atom stereocenters. The highest BCUT2D eigenvalue weighted by atomic mass is 19.1. The summed E-state index contributed by atoms with van der Waals surface area (Å²) in [6, 6.07) is 15.0. The Balaban J connectivity index is 1.94. The molecule has 2 rings (SSSR count). The van der Waals surface area contributed by atoms with Crippen molar-refractivity contribution in [1.29, 1.82) is 5.26 Å². The van der Waals surface area contributed by atoms with Crippen LogP contribution in [0.25, 0.3) is 0 Å². The molecule has 2 aromatic carbocycles. The molecule has 0 radical (unpaired) electrons. The molecule has 0 aliphatic rings. The first-order valence-corrected chi connectivity index (χ1v) is 6.17. The summed E-state index contributed by atoms with van der Waals surface area (Å²) in [5.41, 5.74) is 2.34. The minimum atomic E-state index is -0.317. The van der Waals surface area contributed by atoms with E-state index >= 15 is 0 Å². The van der Waals surface area contributed by atoms with Gasteiger partial charge in [-0.1, -0.05) is 24.3 Å². The largest absolute Gasteiger partial charge is 0.326 e. The van der Waals surface area contributed by atoms with Gasteiger partial charge in [0.15, 0.2) is 0 Å². The highest BCUT2D eigenvalue weighted by Crippen LogP contribution is 2.11. The molecule has 0 atom stereocenters. The van der Waals surface area contributed by atoms with Crippen LogP contribution in [-0.4, -0.2) is 5.91 Å². The van der Waals surface area contributed by atoms with Gasteiger partial charge in [-0.3, -0.25) is 4.79 Å². The SMILES string of the molecule is N#CCc1ccc(NC(=O)Cc2ccc(F)cc2)cc1. The van der Waals surface area contributed by atoms with Gasteiger partial charge in [0.25, 0.3) is 0 Å². The van der Waals surface area contributed by atoms with E-state index in [0.29, 0.717) is 12.1 Å². The van der Waals surface area contributed by atoms with Crippen LogP contribution in [0.15, 0.2) is 48.5 Å². The first-order valence-electron chi connectivity index (χ1n) is 6.17. The predicted octanol–water partition coefficient (Wildman–Crippen LogP) is 3.07. The summed E-state index contributed by atoms with van der Waals surface area (Å²) < 4.78 is 12.7. The molecule has 0 aliphatic heterocycles. The zero-order chi connectivity index (χ0) is 14.4. The number of rotatable bonds is 4. The Labute approximate surface area is 116 Å². The van der Waals surface area contributed by atoms with Crippen LogP contribution in [-0.2, 0) is 17.6 Å². The van der Waals surface area contributed by atoms with Crippen LogP contribution in [0.3, 0.4) is 0 Å². The number of carbonyl (C=O) groups is 1. The van der Waals surface area contributed by atoms with E-state index in [2.05, 4.69) is 11.4 Å². The van der Waals surface area contributed by atoms with E-state index in [1.807, 2.05) is 0 Å². The van der Waals surface area contributed by atoms with Gasteiger partial charge in [0.2, 0.25) is 5.91 Å². The van der Waals surface area contributed by atoms with E-state index in [-0.39, 0.29) is 18.1 Å². The fourth-order valence-corrected chi connectivity index (χ4v) is 1.79. The molecule has 0 saturated carbocycles. The second kappa shape index (κ2) is 6.48. The number of nitrogens with zero attached hydrogens (tertiary/aromatic N) is 1. The molecule has 0 aliphatic carbocycles. The van der Waals surface area contributed by atoms with Crippen molar-refractivity contribution < 1.29 is 9.18 Å². The molecule has 1 amide bonds. The number of hydrogen-bond acceptors (Lipinski definition) is 2. The van der Waals surface area contributed by atoms with Crippen molar-refractivity contribution in [1.82, 2.24) is 0 Å². The lowest BCUT2D eigenvalue weighted by Crippen LogP contribution is -2.14. The summed E-state index contributed by atoms with van der Waals surface area (Å²) >= 11 is 0. The van der Waals surface area contributed by atoms with Crippen molar-refractivity contribution in [3.8, 4) is 6.07 Å². The fraction of sp³-hybridized carbons (Fsp3) is 0.125. The fourth-order valence-electron chi connectivity index (χ4n) is 1.79. The van der Waals surface area contributed by atoms with Crippen molar-refractivity contribution in [2.45, 2.75) is 12.8 Å². The Hall–Kier alpha value is -2.67. The Morgan fingerprint density at radius 2 is 1.65 bits per heavy atom. The van der Waals surface area contributed by atoms with Crippen LogP contribution >= 0.6 is 0 Å². The highest BCUT2D eigenvalue weighted by Gasteiger charge is 2.04. The van der Waals surface area contributed by atoms with E-state index in [9.17, 15) is 9.18 Å². The van der Waals surface area contributed by atoms with Crippen LogP contribution in [0.5, 0.6) is 0 Å². The standard InChI is InChI=1S/C16H13FN2O/c17-14-5-1-13(2-6-14)11-16(20)19-15-7-3-12(4-8-15)9-10-18/h1-8H,9,11H2,(H,19,20). The molecule has 0 saturated heterocycles. The summed E-state index contributed by atoms with van der Waals surface area (Å²) in [7, 11) is 0. The number of anilines is 1. The summed E-state index contributed by atoms with van der Waals surface area (Å²) in [6.45, 7) is 0. The molecule has 100 valence electrons. The lowest BCUT2D eigenvalue weighted by Gasteiger charge is -2.06. The number of amides is 1. The molecule has 1 N–H and O–H groups in total. The average molecular weight is 268 g/mol. The number of nitrogens with one attached hydrogen (secondary N) is 1. The van der Waals surface area contributed by atoms with E-state index in [1.165, 1.54) is 12.1 Å². The van der Waals surface area contributed by atoms with Gasteiger partial charge in [-0.25, -0.2) is 4.39 Å². The monoisotopic (exact) mass is 268 g/mol. The molecule has 0 heterocycles. The average Bonchev–Trinajstić information content (AvgIpc) is 2.44. The number of benzene rings is 2. The van der Waals surface area contributed by atoms with Gasteiger partial charge in [0.05, 0.1) is 18.9 Å². The van der Waals surface area contributed by atoms with E-state index in [4.69, 9.17) is 5.26 Å². The number of halogens is 1. The van der Waals surface area contributed by atoms with Gasteiger partial charge in [-0.05, 0) is 35.4 Å². The van der Waals surface area contributed by atoms with Gasteiger partial charge in [-0.15, -0.1) is 0 Å². The lowest BCUT2D eigenvalue weighted by atomic mass is 10.1. The normalized spacial score (nSPS) is 9.80. The minimum Gasteiger partial charge on any atom is -0.326 e. The smallest absolute Gasteiger partial charge is 0.228 e. The number of nitriles is 1. The first-order chi connectivity index (χ1) is 9.67. The number of carbonyl (C=O) groups excluding carboxylic acids is 1. The predicted molar refractivity (Wildman–Crippen MR) is 74.5 cm³/mol. The van der Waals surface area contributed by atoms with Crippen molar-refractivity contribution >= 4 is 11.6 Å². The van der Waals surface area contributed by atoms with Crippen LogP contribution in [0.1, 0.15) is 11.1 Å². The number of hydrogen-bond donors (Lipinski definition) is 1. The Morgan fingerprint density at radius 3 is 2.25 bits per heavy atom. The summed E-state index contributed by atoms with van der Waals surface area (Å²) in [4.78, 5) is 11.8. The topological polar surface area (TPSA) is 52.9 Å². The summed E-state index contributed by atoms with van der Waals surface area (Å²) in [5, 5.41) is 11.3. The third-order valence-corrected chi connectivity index (χ3v) is 2.80. The quantitative estimate of drug-likeness (QED) is 0.926. The minimum absolute atomic E-state index is 0.162. The summed E-state index contributed by atoms with van der Waals surface area (Å²) in [6.07, 6.45) is 0.546. The molecule has 0 bridgehead atoms. The molecular weight excluding hydrogens is 255 g/mol. The third kappa shape index (κ3) is 3.92. The highest BCUT2D eigenvalue weighted by molar-refractivity contribution is 5.92. The van der Waals surface area contributed by atoms with Crippen molar-refractivity contribution in [3.05, 3.63) is 65.5 Å². The maximum absolute atomic E-state index is 12.7. The van der Waals surface area contributed by atoms with E-state index < -0.39 is 0 Å². The molecule has 0 aromatic heterocycles. The molecule has 3 nitrogen and oxygen atoms in total. The second-order valence-corrected chi connectivity index (χ2v) is 4.38. The van der Waals surface area contributed by atoms with Crippen molar-refractivity contribution in [3.63, 3.8) is 0 Å². The maximum atomic E-state index is 12.7. The Morgan fingerprint density at radius 1 is 1.05 bits per heavy atom. The molecule has 4 heteroatoms. The maximum Gasteiger partial charge on any atom is 0.228 e. The lowest BCUT2D eigenvalue weighted by molar-refractivity contribution is -0.115. The van der Waals surface area contributed by atoms with Crippen molar-refractivity contribution in [2.75, 3.05) is 5.32 Å². The van der Waals surface area contributed by atoms with Crippen LogP contribution < -0.4 is 5.32 Å². The Kier molecular flexibility index (Phi) is 4.46. The van der Waals surface area contributed by atoms with Gasteiger partial charge in [0.1, 0.15) is 5.82 Å².